The minimum Gasteiger partial charge on any atom is -0.466 e. The lowest BCUT2D eigenvalue weighted by Gasteiger charge is -2.14. The van der Waals surface area contributed by atoms with E-state index in [1.54, 1.807) is 11.3 Å². The molecule has 0 fully saturated rings. The summed E-state index contributed by atoms with van der Waals surface area (Å²) in [6.07, 6.45) is 0. The van der Waals surface area contributed by atoms with E-state index in [9.17, 15) is 0 Å². The van der Waals surface area contributed by atoms with Crippen LogP contribution in [0.3, 0.4) is 0 Å². The summed E-state index contributed by atoms with van der Waals surface area (Å²) in [6.45, 7) is 6.53. The molecule has 0 saturated carbocycles. The number of rotatable bonds is 6. The third kappa shape index (κ3) is 3.86. The van der Waals surface area contributed by atoms with Crippen LogP contribution in [0.2, 0.25) is 0 Å². The van der Waals surface area contributed by atoms with Crippen LogP contribution in [0.4, 0.5) is 0 Å². The molecule has 0 aliphatic rings. The van der Waals surface area contributed by atoms with Crippen LogP contribution in [0.1, 0.15) is 39.5 Å². The predicted molar refractivity (Wildman–Crippen MR) is 104 cm³/mol. The first-order chi connectivity index (χ1) is 13.1. The Hall–Kier alpha value is -2.70. The zero-order valence-electron chi connectivity index (χ0n) is 15.6. The highest BCUT2D eigenvalue weighted by molar-refractivity contribution is 7.10. The van der Waals surface area contributed by atoms with Gasteiger partial charge in [0.05, 0.1) is 10.4 Å². The van der Waals surface area contributed by atoms with E-state index >= 15 is 0 Å². The molecule has 0 bridgehead atoms. The van der Waals surface area contributed by atoms with Crippen LogP contribution in [0.15, 0.2) is 56.7 Å². The van der Waals surface area contributed by atoms with Gasteiger partial charge in [-0.2, -0.15) is 0 Å². The summed E-state index contributed by atoms with van der Waals surface area (Å²) in [5.41, 5.74) is 3.39. The summed E-state index contributed by atoms with van der Waals surface area (Å²) < 4.78 is 11.4. The first-order valence-electron chi connectivity index (χ1n) is 8.93. The van der Waals surface area contributed by atoms with E-state index in [-0.39, 0.29) is 6.04 Å². The Bertz CT molecular complexity index is 1020. The fourth-order valence-corrected chi connectivity index (χ4v) is 4.02. The van der Waals surface area contributed by atoms with E-state index in [2.05, 4.69) is 64.2 Å². The molecule has 0 radical (unpaired) electrons. The van der Waals surface area contributed by atoms with Crippen molar-refractivity contribution in [3.05, 3.63) is 81.3 Å². The van der Waals surface area contributed by atoms with Gasteiger partial charge in [-0.1, -0.05) is 35.9 Å². The average Bonchev–Trinajstić information content (AvgIpc) is 3.38. The number of quaternary nitrogens is 1. The second-order valence-corrected chi connectivity index (χ2v) is 7.65. The number of nitrogens with zero attached hydrogens (tertiary/aromatic N) is 2. The molecular formula is C21H22N3O2S+. The monoisotopic (exact) mass is 380 g/mol. The Balaban J connectivity index is 1.53. The van der Waals surface area contributed by atoms with Crippen LogP contribution < -0.4 is 5.32 Å². The summed E-state index contributed by atoms with van der Waals surface area (Å²) in [4.78, 5) is 1.31. The lowest BCUT2D eigenvalue weighted by molar-refractivity contribution is -0.703. The Morgan fingerprint density at radius 1 is 1.04 bits per heavy atom. The van der Waals surface area contributed by atoms with Gasteiger partial charge in [-0.15, -0.1) is 21.5 Å². The molecule has 1 atom stereocenters. The number of nitrogens with two attached hydrogens (primary N) is 1. The average molecular weight is 380 g/mol. The van der Waals surface area contributed by atoms with Crippen molar-refractivity contribution in [3.63, 3.8) is 0 Å². The summed E-state index contributed by atoms with van der Waals surface area (Å²) in [5.74, 6) is 2.75. The molecule has 27 heavy (non-hydrogen) atoms. The molecule has 3 heterocycles. The molecule has 2 N–H and O–H groups in total. The minimum absolute atomic E-state index is 0.207. The molecule has 0 amide bonds. The molecule has 0 aliphatic carbocycles. The Kier molecular flexibility index (Phi) is 4.92. The minimum atomic E-state index is 0.207. The van der Waals surface area contributed by atoms with Crippen LogP contribution in [-0.2, 0) is 6.54 Å². The number of furan rings is 1. The highest BCUT2D eigenvalue weighted by Crippen LogP contribution is 2.26. The van der Waals surface area contributed by atoms with Crippen molar-refractivity contribution in [1.29, 1.82) is 0 Å². The van der Waals surface area contributed by atoms with Crippen molar-refractivity contribution in [3.8, 4) is 11.5 Å². The van der Waals surface area contributed by atoms with Gasteiger partial charge in [-0.25, -0.2) is 0 Å². The van der Waals surface area contributed by atoms with Gasteiger partial charge in [0.1, 0.15) is 17.6 Å². The summed E-state index contributed by atoms with van der Waals surface area (Å²) in [6, 6.07) is 15.1. The van der Waals surface area contributed by atoms with Gasteiger partial charge in [0.2, 0.25) is 0 Å². The van der Waals surface area contributed by atoms with Gasteiger partial charge in [0, 0.05) is 5.56 Å². The van der Waals surface area contributed by atoms with Gasteiger partial charge in [-0.05, 0) is 38.3 Å². The van der Waals surface area contributed by atoms with E-state index in [1.807, 2.05) is 19.9 Å². The highest BCUT2D eigenvalue weighted by atomic mass is 32.1. The Labute approximate surface area is 162 Å². The number of benzene rings is 1. The number of thiophene rings is 1. The summed E-state index contributed by atoms with van der Waals surface area (Å²) >= 11 is 1.76. The molecular weight excluding hydrogens is 358 g/mol. The fourth-order valence-electron chi connectivity index (χ4n) is 3.17. The van der Waals surface area contributed by atoms with Gasteiger partial charge in [0.15, 0.2) is 6.54 Å². The van der Waals surface area contributed by atoms with E-state index in [1.165, 1.54) is 16.0 Å². The first-order valence-corrected chi connectivity index (χ1v) is 9.81. The van der Waals surface area contributed by atoms with Crippen molar-refractivity contribution in [1.82, 2.24) is 10.2 Å². The van der Waals surface area contributed by atoms with E-state index in [4.69, 9.17) is 8.83 Å². The van der Waals surface area contributed by atoms with Gasteiger partial charge in [0.25, 0.3) is 11.8 Å². The first kappa shape index (κ1) is 17.7. The van der Waals surface area contributed by atoms with Gasteiger partial charge >= 0.3 is 0 Å². The predicted octanol–water partition coefficient (Wildman–Crippen LogP) is 4.17. The quantitative estimate of drug-likeness (QED) is 0.545. The second kappa shape index (κ2) is 7.50. The largest absolute Gasteiger partial charge is 0.466 e. The lowest BCUT2D eigenvalue weighted by Crippen LogP contribution is -2.83. The van der Waals surface area contributed by atoms with Crippen LogP contribution in [0, 0.1) is 20.8 Å². The van der Waals surface area contributed by atoms with Crippen molar-refractivity contribution >= 4 is 11.3 Å². The Morgan fingerprint density at radius 3 is 2.52 bits per heavy atom. The summed E-state index contributed by atoms with van der Waals surface area (Å²) in [5, 5.41) is 12.8. The molecule has 4 aromatic rings. The van der Waals surface area contributed by atoms with Crippen molar-refractivity contribution < 1.29 is 14.2 Å². The third-order valence-electron chi connectivity index (χ3n) is 4.55. The van der Waals surface area contributed by atoms with Crippen molar-refractivity contribution in [2.45, 2.75) is 33.4 Å². The molecule has 5 nitrogen and oxygen atoms in total. The normalized spacial score (nSPS) is 12.4. The molecule has 138 valence electrons. The molecule has 1 aromatic carbocycles. The maximum absolute atomic E-state index is 5.88. The van der Waals surface area contributed by atoms with Gasteiger partial charge in [-0.3, -0.25) is 0 Å². The maximum Gasteiger partial charge on any atom is 0.271 e. The zero-order valence-corrected chi connectivity index (χ0v) is 16.4. The molecule has 0 aliphatic heterocycles. The smallest absolute Gasteiger partial charge is 0.271 e. The van der Waals surface area contributed by atoms with E-state index < -0.39 is 0 Å². The second-order valence-electron chi connectivity index (χ2n) is 6.67. The molecule has 0 unspecified atom stereocenters. The highest BCUT2D eigenvalue weighted by Gasteiger charge is 2.21. The van der Waals surface area contributed by atoms with Crippen LogP contribution in [0.5, 0.6) is 0 Å². The van der Waals surface area contributed by atoms with Crippen LogP contribution in [0.25, 0.3) is 11.5 Å². The van der Waals surface area contributed by atoms with E-state index in [0.717, 1.165) is 17.1 Å². The number of hydrogen-bond donors (Lipinski definition) is 1. The topological polar surface area (TPSA) is 68.7 Å². The van der Waals surface area contributed by atoms with E-state index in [0.29, 0.717) is 18.3 Å². The third-order valence-corrected chi connectivity index (χ3v) is 5.51. The maximum atomic E-state index is 5.88. The van der Waals surface area contributed by atoms with Crippen molar-refractivity contribution in [2.24, 2.45) is 0 Å². The van der Waals surface area contributed by atoms with Gasteiger partial charge < -0.3 is 14.2 Å². The number of aromatic nitrogens is 2. The number of aryl methyl sites for hydroxylation is 3. The molecule has 0 saturated heterocycles. The fraction of sp³-hybridized carbons (Fsp3) is 0.238. The standard InChI is InChI=1S/C21H21N3O2S/c1-13-6-8-16(9-7-13)20(18-5-4-10-27-18)22-12-19-23-24-21(26-19)17-11-14(2)25-15(17)3/h4-11,20,22H,12H2,1-3H3/p+1/t20-/m1/s1. The Morgan fingerprint density at radius 2 is 1.85 bits per heavy atom. The SMILES string of the molecule is Cc1ccc([C@@H]([NH2+]Cc2nnc(-c3cc(C)oc3C)o2)c2cccs2)cc1. The lowest BCUT2D eigenvalue weighted by atomic mass is 10.0. The molecule has 3 aromatic heterocycles. The number of hydrogen-bond acceptors (Lipinski definition) is 5. The molecule has 4 rings (SSSR count). The summed E-state index contributed by atoms with van der Waals surface area (Å²) in [7, 11) is 0. The van der Waals surface area contributed by atoms with Crippen LogP contribution in [-0.4, -0.2) is 10.2 Å². The zero-order chi connectivity index (χ0) is 18.8. The molecule has 6 heteroatoms. The van der Waals surface area contributed by atoms with Crippen molar-refractivity contribution in [2.75, 3.05) is 0 Å². The van der Waals surface area contributed by atoms with Crippen LogP contribution >= 0.6 is 11.3 Å². The molecule has 0 spiro atoms.